The second-order valence-corrected chi connectivity index (χ2v) is 8.39. The van der Waals surface area contributed by atoms with Gasteiger partial charge in [-0.3, -0.25) is 4.79 Å². The SMILES string of the molecule is CCCCOc1ccc(C(=O)N2CCN(c3nc(Cc4ccccc4)ns3)CC2)cc1. The second-order valence-electron chi connectivity index (χ2n) is 7.66. The standard InChI is InChI=1S/C24H28N4O2S/c1-2-3-17-30-21-11-9-20(10-12-21)23(29)27-13-15-28(16-14-27)24-25-22(26-31-24)18-19-7-5-4-6-8-19/h4-12H,2-3,13-18H2,1H3. The molecule has 0 N–H and O–H groups in total. The van der Waals surface area contributed by atoms with Gasteiger partial charge in [-0.05, 0) is 36.2 Å². The van der Waals surface area contributed by atoms with E-state index in [2.05, 4.69) is 28.3 Å². The van der Waals surface area contributed by atoms with Crippen LogP contribution in [0.25, 0.3) is 0 Å². The lowest BCUT2D eigenvalue weighted by molar-refractivity contribution is 0.0746. The number of unbranched alkanes of at least 4 members (excludes halogenated alkanes) is 1. The van der Waals surface area contributed by atoms with Gasteiger partial charge in [0.05, 0.1) is 6.61 Å². The third-order valence-electron chi connectivity index (χ3n) is 5.37. The Morgan fingerprint density at radius 2 is 1.77 bits per heavy atom. The van der Waals surface area contributed by atoms with Gasteiger partial charge in [-0.25, -0.2) is 4.98 Å². The summed E-state index contributed by atoms with van der Waals surface area (Å²) in [7, 11) is 0. The second kappa shape index (κ2) is 10.4. The first-order valence-electron chi connectivity index (χ1n) is 10.9. The molecule has 2 heterocycles. The molecule has 4 rings (SSSR count). The van der Waals surface area contributed by atoms with E-state index < -0.39 is 0 Å². The van der Waals surface area contributed by atoms with Crippen LogP contribution in [0.2, 0.25) is 0 Å². The summed E-state index contributed by atoms with van der Waals surface area (Å²) in [6, 6.07) is 17.7. The maximum atomic E-state index is 12.9. The lowest BCUT2D eigenvalue weighted by Gasteiger charge is -2.34. The zero-order chi connectivity index (χ0) is 21.5. The van der Waals surface area contributed by atoms with Gasteiger partial charge in [0.2, 0.25) is 5.13 Å². The third-order valence-corrected chi connectivity index (χ3v) is 6.18. The van der Waals surface area contributed by atoms with Gasteiger partial charge in [0, 0.05) is 49.7 Å². The van der Waals surface area contributed by atoms with Crippen molar-refractivity contribution in [1.29, 1.82) is 0 Å². The molecular weight excluding hydrogens is 408 g/mol. The Morgan fingerprint density at radius 3 is 2.48 bits per heavy atom. The number of piperazine rings is 1. The number of hydrogen-bond donors (Lipinski definition) is 0. The van der Waals surface area contributed by atoms with Gasteiger partial charge in [0.15, 0.2) is 0 Å². The maximum absolute atomic E-state index is 12.9. The molecule has 0 radical (unpaired) electrons. The third kappa shape index (κ3) is 5.61. The summed E-state index contributed by atoms with van der Waals surface area (Å²) >= 11 is 1.44. The Morgan fingerprint density at radius 1 is 1.03 bits per heavy atom. The minimum Gasteiger partial charge on any atom is -0.494 e. The zero-order valence-electron chi connectivity index (χ0n) is 17.9. The van der Waals surface area contributed by atoms with Crippen LogP contribution in [0.15, 0.2) is 54.6 Å². The summed E-state index contributed by atoms with van der Waals surface area (Å²) in [5.74, 6) is 1.74. The quantitative estimate of drug-likeness (QED) is 0.494. The topological polar surface area (TPSA) is 58.6 Å². The first-order valence-corrected chi connectivity index (χ1v) is 11.6. The normalized spacial score (nSPS) is 14.0. The van der Waals surface area contributed by atoms with Crippen molar-refractivity contribution in [2.75, 3.05) is 37.7 Å². The van der Waals surface area contributed by atoms with Gasteiger partial charge in [-0.2, -0.15) is 4.37 Å². The van der Waals surface area contributed by atoms with Crippen molar-refractivity contribution >= 4 is 22.6 Å². The lowest BCUT2D eigenvalue weighted by Crippen LogP contribution is -2.48. The van der Waals surface area contributed by atoms with Crippen LogP contribution in [0, 0.1) is 0 Å². The van der Waals surface area contributed by atoms with Gasteiger partial charge in [-0.1, -0.05) is 43.7 Å². The minimum atomic E-state index is 0.0711. The van der Waals surface area contributed by atoms with Crippen LogP contribution in [-0.2, 0) is 6.42 Å². The summed E-state index contributed by atoms with van der Waals surface area (Å²) < 4.78 is 10.2. The van der Waals surface area contributed by atoms with Gasteiger partial charge in [0.1, 0.15) is 11.6 Å². The Balaban J connectivity index is 1.29. The van der Waals surface area contributed by atoms with Gasteiger partial charge < -0.3 is 14.5 Å². The molecule has 0 aliphatic carbocycles. The highest BCUT2D eigenvalue weighted by Crippen LogP contribution is 2.21. The predicted octanol–water partition coefficient (Wildman–Crippen LogP) is 4.27. The van der Waals surface area contributed by atoms with E-state index in [1.165, 1.54) is 17.1 Å². The van der Waals surface area contributed by atoms with Crippen molar-refractivity contribution in [3.05, 3.63) is 71.5 Å². The Bertz CT molecular complexity index is 967. The number of anilines is 1. The van der Waals surface area contributed by atoms with Crippen molar-refractivity contribution in [2.45, 2.75) is 26.2 Å². The van der Waals surface area contributed by atoms with E-state index in [9.17, 15) is 4.79 Å². The van der Waals surface area contributed by atoms with Crippen LogP contribution in [0.5, 0.6) is 5.75 Å². The molecule has 1 fully saturated rings. The van der Waals surface area contributed by atoms with E-state index in [1.807, 2.05) is 47.4 Å². The molecule has 2 aromatic carbocycles. The van der Waals surface area contributed by atoms with Gasteiger partial charge in [0.25, 0.3) is 5.91 Å². The molecule has 3 aromatic rings. The summed E-state index contributed by atoms with van der Waals surface area (Å²) in [5.41, 5.74) is 1.92. The van der Waals surface area contributed by atoms with E-state index in [1.54, 1.807) is 0 Å². The molecule has 0 bridgehead atoms. The first kappa shape index (κ1) is 21.3. The van der Waals surface area contributed by atoms with E-state index in [4.69, 9.17) is 9.72 Å². The zero-order valence-corrected chi connectivity index (χ0v) is 18.7. The molecule has 6 nitrogen and oxygen atoms in total. The molecule has 162 valence electrons. The molecule has 1 amide bonds. The van der Waals surface area contributed by atoms with Crippen LogP contribution in [0.1, 0.15) is 41.5 Å². The van der Waals surface area contributed by atoms with E-state index in [0.29, 0.717) is 25.3 Å². The van der Waals surface area contributed by atoms with Crippen LogP contribution in [0.3, 0.4) is 0 Å². The number of ether oxygens (including phenoxy) is 1. The molecule has 1 aliphatic heterocycles. The molecule has 0 spiro atoms. The molecule has 1 aromatic heterocycles. The van der Waals surface area contributed by atoms with Crippen molar-refractivity contribution in [2.24, 2.45) is 0 Å². The minimum absolute atomic E-state index is 0.0711. The molecular formula is C24H28N4O2S. The Hall–Kier alpha value is -2.93. The van der Waals surface area contributed by atoms with E-state index in [0.717, 1.165) is 49.1 Å². The van der Waals surface area contributed by atoms with Crippen LogP contribution < -0.4 is 9.64 Å². The lowest BCUT2D eigenvalue weighted by atomic mass is 10.1. The molecule has 1 aliphatic rings. The number of carbonyl (C=O) groups is 1. The fraction of sp³-hybridized carbons (Fsp3) is 0.375. The van der Waals surface area contributed by atoms with E-state index in [-0.39, 0.29) is 5.91 Å². The average molecular weight is 437 g/mol. The van der Waals surface area contributed by atoms with Crippen molar-refractivity contribution < 1.29 is 9.53 Å². The summed E-state index contributed by atoms with van der Waals surface area (Å²) in [6.07, 6.45) is 2.88. The fourth-order valence-electron chi connectivity index (χ4n) is 3.53. The highest BCUT2D eigenvalue weighted by molar-refractivity contribution is 7.09. The smallest absolute Gasteiger partial charge is 0.253 e. The van der Waals surface area contributed by atoms with Crippen LogP contribution in [0.4, 0.5) is 5.13 Å². The number of amides is 1. The van der Waals surface area contributed by atoms with Crippen LogP contribution in [-0.4, -0.2) is 53.0 Å². The van der Waals surface area contributed by atoms with Crippen molar-refractivity contribution in [1.82, 2.24) is 14.3 Å². The number of aromatic nitrogens is 2. The van der Waals surface area contributed by atoms with Crippen LogP contribution >= 0.6 is 11.5 Å². The Kier molecular flexibility index (Phi) is 7.14. The van der Waals surface area contributed by atoms with Gasteiger partial charge >= 0.3 is 0 Å². The highest BCUT2D eigenvalue weighted by atomic mass is 32.1. The van der Waals surface area contributed by atoms with E-state index >= 15 is 0 Å². The average Bonchev–Trinajstić information content (AvgIpc) is 3.28. The highest BCUT2D eigenvalue weighted by Gasteiger charge is 2.24. The molecule has 0 atom stereocenters. The molecule has 7 heteroatoms. The largest absolute Gasteiger partial charge is 0.494 e. The number of benzene rings is 2. The number of rotatable bonds is 8. The Labute approximate surface area is 187 Å². The fourth-order valence-corrected chi connectivity index (χ4v) is 4.27. The summed E-state index contributed by atoms with van der Waals surface area (Å²) in [4.78, 5) is 21.7. The maximum Gasteiger partial charge on any atom is 0.253 e. The van der Waals surface area contributed by atoms with Gasteiger partial charge in [-0.15, -0.1) is 0 Å². The van der Waals surface area contributed by atoms with Crippen molar-refractivity contribution in [3.63, 3.8) is 0 Å². The van der Waals surface area contributed by atoms with Crippen molar-refractivity contribution in [3.8, 4) is 5.75 Å². The number of carbonyl (C=O) groups excluding carboxylic acids is 1. The molecule has 31 heavy (non-hydrogen) atoms. The number of hydrogen-bond acceptors (Lipinski definition) is 6. The number of nitrogens with zero attached hydrogens (tertiary/aromatic N) is 4. The summed E-state index contributed by atoms with van der Waals surface area (Å²) in [6.45, 7) is 5.75. The molecule has 0 unspecified atom stereocenters. The predicted molar refractivity (Wildman–Crippen MR) is 124 cm³/mol. The first-order chi connectivity index (χ1) is 15.2. The monoisotopic (exact) mass is 436 g/mol. The molecule has 1 saturated heterocycles. The molecule has 0 saturated carbocycles. The summed E-state index contributed by atoms with van der Waals surface area (Å²) in [5, 5.41) is 0.937.